The van der Waals surface area contributed by atoms with Crippen molar-refractivity contribution >= 4 is 0 Å². The second-order valence-corrected chi connectivity index (χ2v) is 4.06. The van der Waals surface area contributed by atoms with E-state index in [-0.39, 0.29) is 0 Å². The first kappa shape index (κ1) is 13.2. The molecule has 1 rings (SSSR count). The van der Waals surface area contributed by atoms with Crippen molar-refractivity contribution in [2.24, 2.45) is 0 Å². The molecular formula is C12H22N2O2. The molecule has 0 aliphatic heterocycles. The zero-order chi connectivity index (χ0) is 12.0. The van der Waals surface area contributed by atoms with Crippen molar-refractivity contribution in [3.05, 3.63) is 23.2 Å². The summed E-state index contributed by atoms with van der Waals surface area (Å²) in [5.74, 6) is 2.00. The van der Waals surface area contributed by atoms with Crippen molar-refractivity contribution in [3.8, 4) is 0 Å². The monoisotopic (exact) mass is 226 g/mol. The zero-order valence-corrected chi connectivity index (χ0v) is 10.7. The number of likely N-dealkylation sites (N-methyl/N-ethyl adjacent to an activating group) is 1. The Morgan fingerprint density at radius 3 is 2.88 bits per heavy atom. The zero-order valence-electron chi connectivity index (χ0n) is 10.7. The third-order valence-electron chi connectivity index (χ3n) is 2.54. The van der Waals surface area contributed by atoms with Gasteiger partial charge in [-0.25, -0.2) is 0 Å². The van der Waals surface area contributed by atoms with Gasteiger partial charge in [-0.15, -0.1) is 0 Å². The second kappa shape index (κ2) is 6.68. The molecule has 0 unspecified atom stereocenters. The summed E-state index contributed by atoms with van der Waals surface area (Å²) in [5.41, 5.74) is 1.25. The summed E-state index contributed by atoms with van der Waals surface area (Å²) in [4.78, 5) is 2.23. The van der Waals surface area contributed by atoms with E-state index in [0.29, 0.717) is 0 Å². The highest BCUT2D eigenvalue weighted by Crippen LogP contribution is 2.16. The molecule has 1 N–H and O–H groups in total. The Balaban J connectivity index is 2.52. The smallest absolute Gasteiger partial charge is 0.118 e. The van der Waals surface area contributed by atoms with Crippen molar-refractivity contribution in [2.75, 3.05) is 34.4 Å². The molecule has 0 atom stereocenters. The van der Waals surface area contributed by atoms with Crippen molar-refractivity contribution < 1.29 is 9.15 Å². The molecule has 1 aromatic rings. The van der Waals surface area contributed by atoms with E-state index >= 15 is 0 Å². The minimum absolute atomic E-state index is 0.761. The van der Waals surface area contributed by atoms with Crippen LogP contribution >= 0.6 is 0 Å². The maximum absolute atomic E-state index is 5.64. The summed E-state index contributed by atoms with van der Waals surface area (Å²) in [6.07, 6.45) is 0. The van der Waals surface area contributed by atoms with E-state index in [1.807, 2.05) is 14.0 Å². The molecule has 0 aliphatic carbocycles. The average Bonchev–Trinajstić information content (AvgIpc) is 2.57. The molecule has 1 heterocycles. The van der Waals surface area contributed by atoms with Gasteiger partial charge in [0.15, 0.2) is 0 Å². The molecule has 0 fully saturated rings. The van der Waals surface area contributed by atoms with Crippen LogP contribution in [0, 0.1) is 6.92 Å². The van der Waals surface area contributed by atoms with Gasteiger partial charge in [0.25, 0.3) is 0 Å². The Labute approximate surface area is 97.6 Å². The van der Waals surface area contributed by atoms with Crippen molar-refractivity contribution in [1.29, 1.82) is 0 Å². The van der Waals surface area contributed by atoms with Gasteiger partial charge in [-0.05, 0) is 27.1 Å². The first-order valence-corrected chi connectivity index (χ1v) is 5.57. The van der Waals surface area contributed by atoms with Crippen LogP contribution in [0.4, 0.5) is 0 Å². The van der Waals surface area contributed by atoms with Crippen LogP contribution in [0.1, 0.15) is 17.1 Å². The third-order valence-corrected chi connectivity index (χ3v) is 2.54. The van der Waals surface area contributed by atoms with Gasteiger partial charge >= 0.3 is 0 Å². The maximum Gasteiger partial charge on any atom is 0.118 e. The quantitative estimate of drug-likeness (QED) is 0.762. The number of aryl methyl sites for hydroxylation is 1. The van der Waals surface area contributed by atoms with Crippen LogP contribution in [-0.4, -0.2) is 39.3 Å². The number of hydrogen-bond acceptors (Lipinski definition) is 4. The van der Waals surface area contributed by atoms with Crippen LogP contribution in [0.15, 0.2) is 10.5 Å². The Bertz CT molecular complexity index is 310. The second-order valence-electron chi connectivity index (χ2n) is 4.06. The minimum Gasteiger partial charge on any atom is -0.465 e. The van der Waals surface area contributed by atoms with Crippen LogP contribution in [0.2, 0.25) is 0 Å². The van der Waals surface area contributed by atoms with Crippen LogP contribution in [-0.2, 0) is 17.8 Å². The van der Waals surface area contributed by atoms with Crippen molar-refractivity contribution in [3.63, 3.8) is 0 Å². The topological polar surface area (TPSA) is 37.6 Å². The SMILES string of the molecule is CNCc1cc(CN(C)CCOC)c(C)o1. The maximum atomic E-state index is 5.64. The van der Waals surface area contributed by atoms with Gasteiger partial charge in [-0.2, -0.15) is 0 Å². The van der Waals surface area contributed by atoms with Crippen molar-refractivity contribution in [1.82, 2.24) is 10.2 Å². The highest BCUT2D eigenvalue weighted by Gasteiger charge is 2.08. The normalized spacial score (nSPS) is 11.3. The first-order valence-electron chi connectivity index (χ1n) is 5.57. The van der Waals surface area contributed by atoms with Crippen LogP contribution in [0.5, 0.6) is 0 Å². The van der Waals surface area contributed by atoms with Crippen LogP contribution in [0.25, 0.3) is 0 Å². The van der Waals surface area contributed by atoms with E-state index in [1.54, 1.807) is 7.11 Å². The molecule has 4 heteroatoms. The lowest BCUT2D eigenvalue weighted by atomic mass is 10.2. The molecule has 0 spiro atoms. The van der Waals surface area contributed by atoms with Crippen LogP contribution in [0.3, 0.4) is 0 Å². The molecule has 0 saturated heterocycles. The van der Waals surface area contributed by atoms with Gasteiger partial charge in [0, 0.05) is 25.8 Å². The molecule has 0 saturated carbocycles. The summed E-state index contributed by atoms with van der Waals surface area (Å²) >= 11 is 0. The van der Waals surface area contributed by atoms with Crippen LogP contribution < -0.4 is 5.32 Å². The Morgan fingerprint density at radius 2 is 2.25 bits per heavy atom. The molecule has 0 radical (unpaired) electrons. The van der Waals surface area contributed by atoms with E-state index in [1.165, 1.54) is 5.56 Å². The van der Waals surface area contributed by atoms with E-state index in [2.05, 4.69) is 23.3 Å². The predicted octanol–water partition coefficient (Wildman–Crippen LogP) is 1.39. The summed E-state index contributed by atoms with van der Waals surface area (Å²) in [5, 5.41) is 3.08. The molecule has 0 bridgehead atoms. The largest absolute Gasteiger partial charge is 0.465 e. The number of nitrogens with one attached hydrogen (secondary N) is 1. The lowest BCUT2D eigenvalue weighted by Gasteiger charge is -2.14. The van der Waals surface area contributed by atoms with Gasteiger partial charge < -0.3 is 14.5 Å². The standard InChI is InChI=1S/C12H22N2O2/c1-10-11(7-12(16-10)8-13-2)9-14(3)5-6-15-4/h7,13H,5-6,8-9H2,1-4H3. The predicted molar refractivity (Wildman–Crippen MR) is 64.4 cm³/mol. The van der Waals surface area contributed by atoms with Gasteiger partial charge in [0.2, 0.25) is 0 Å². The Hall–Kier alpha value is -0.840. The first-order chi connectivity index (χ1) is 7.67. The Kier molecular flexibility index (Phi) is 5.52. The van der Waals surface area contributed by atoms with E-state index in [4.69, 9.17) is 9.15 Å². The summed E-state index contributed by atoms with van der Waals surface area (Å²) in [6, 6.07) is 2.12. The molecule has 92 valence electrons. The summed E-state index contributed by atoms with van der Waals surface area (Å²) < 4.78 is 10.7. The van der Waals surface area contributed by atoms with Crippen molar-refractivity contribution in [2.45, 2.75) is 20.0 Å². The third kappa shape index (κ3) is 3.96. The number of furan rings is 1. The highest BCUT2D eigenvalue weighted by molar-refractivity contribution is 5.20. The molecule has 16 heavy (non-hydrogen) atoms. The summed E-state index contributed by atoms with van der Waals surface area (Å²) in [6.45, 7) is 5.39. The van der Waals surface area contributed by atoms with Gasteiger partial charge in [0.1, 0.15) is 11.5 Å². The summed E-state index contributed by atoms with van der Waals surface area (Å²) in [7, 11) is 5.73. The molecular weight excluding hydrogens is 204 g/mol. The number of nitrogens with zero attached hydrogens (tertiary/aromatic N) is 1. The number of ether oxygens (including phenoxy) is 1. The van der Waals surface area contributed by atoms with Gasteiger partial charge in [0.05, 0.1) is 13.2 Å². The molecule has 0 aromatic carbocycles. The average molecular weight is 226 g/mol. The number of rotatable bonds is 7. The fourth-order valence-electron chi connectivity index (χ4n) is 1.62. The molecule has 0 aliphatic rings. The Morgan fingerprint density at radius 1 is 1.50 bits per heavy atom. The fraction of sp³-hybridized carbons (Fsp3) is 0.667. The molecule has 1 aromatic heterocycles. The lowest BCUT2D eigenvalue weighted by molar-refractivity contribution is 0.158. The van der Waals surface area contributed by atoms with Gasteiger partial charge in [-0.3, -0.25) is 4.90 Å². The molecule has 0 amide bonds. The molecule has 4 nitrogen and oxygen atoms in total. The number of methoxy groups -OCH3 is 1. The van der Waals surface area contributed by atoms with E-state index in [0.717, 1.165) is 37.8 Å². The number of hydrogen-bond donors (Lipinski definition) is 1. The van der Waals surface area contributed by atoms with Gasteiger partial charge in [-0.1, -0.05) is 0 Å². The fourth-order valence-corrected chi connectivity index (χ4v) is 1.62. The lowest BCUT2D eigenvalue weighted by Crippen LogP contribution is -2.22. The highest BCUT2D eigenvalue weighted by atomic mass is 16.5. The van der Waals surface area contributed by atoms with E-state index in [9.17, 15) is 0 Å². The van der Waals surface area contributed by atoms with E-state index < -0.39 is 0 Å². The minimum atomic E-state index is 0.761.